The molecule has 24 heavy (non-hydrogen) atoms. The quantitative estimate of drug-likeness (QED) is 0.887. The van der Waals surface area contributed by atoms with Gasteiger partial charge in [0.25, 0.3) is 0 Å². The van der Waals surface area contributed by atoms with E-state index in [1.165, 1.54) is 22.3 Å². The number of aliphatic hydroxyl groups is 1. The molecule has 0 saturated heterocycles. The van der Waals surface area contributed by atoms with Crippen molar-refractivity contribution in [2.45, 2.75) is 24.8 Å². The Bertz CT molecular complexity index is 709. The molecule has 0 radical (unpaired) electrons. The van der Waals surface area contributed by atoms with E-state index in [2.05, 4.69) is 29.6 Å². The second-order valence-electron chi connectivity index (χ2n) is 6.60. The van der Waals surface area contributed by atoms with E-state index >= 15 is 0 Å². The summed E-state index contributed by atoms with van der Waals surface area (Å²) in [7, 11) is 0. The third kappa shape index (κ3) is 2.78. The van der Waals surface area contributed by atoms with E-state index in [1.807, 2.05) is 24.3 Å². The van der Waals surface area contributed by atoms with Crippen LogP contribution in [0.3, 0.4) is 0 Å². The molecule has 1 unspecified atom stereocenters. The van der Waals surface area contributed by atoms with Gasteiger partial charge < -0.3 is 15.2 Å². The number of carbonyl (C=O) groups is 1. The molecule has 2 aliphatic carbocycles. The van der Waals surface area contributed by atoms with Gasteiger partial charge in [-0.15, -0.1) is 0 Å². The number of rotatable bonds is 5. The molecule has 2 aromatic rings. The van der Waals surface area contributed by atoms with Crippen molar-refractivity contribution < 1.29 is 14.6 Å². The zero-order chi connectivity index (χ0) is 16.5. The van der Waals surface area contributed by atoms with E-state index < -0.39 is 6.09 Å². The van der Waals surface area contributed by atoms with E-state index in [1.54, 1.807) is 0 Å². The highest BCUT2D eigenvalue weighted by Gasteiger charge is 2.33. The first-order chi connectivity index (χ1) is 11.8. The Labute approximate surface area is 141 Å². The molecule has 4 heteroatoms. The van der Waals surface area contributed by atoms with Gasteiger partial charge in [0, 0.05) is 5.92 Å². The fourth-order valence-corrected chi connectivity index (χ4v) is 3.60. The van der Waals surface area contributed by atoms with Crippen molar-refractivity contribution in [2.75, 3.05) is 13.2 Å². The lowest BCUT2D eigenvalue weighted by Gasteiger charge is -2.18. The average molecular weight is 323 g/mol. The van der Waals surface area contributed by atoms with Gasteiger partial charge >= 0.3 is 6.09 Å². The maximum absolute atomic E-state index is 12.1. The van der Waals surface area contributed by atoms with Crippen LogP contribution < -0.4 is 5.32 Å². The van der Waals surface area contributed by atoms with Crippen molar-refractivity contribution in [3.05, 3.63) is 59.7 Å². The van der Waals surface area contributed by atoms with E-state index in [9.17, 15) is 9.90 Å². The summed E-state index contributed by atoms with van der Waals surface area (Å²) in [5, 5.41) is 12.1. The van der Waals surface area contributed by atoms with Gasteiger partial charge in [0.05, 0.1) is 12.6 Å². The maximum Gasteiger partial charge on any atom is 0.407 e. The van der Waals surface area contributed by atoms with Crippen LogP contribution in [-0.2, 0) is 4.74 Å². The SMILES string of the molecule is O=C(NC(CO)C1CC1)OCC1c2ccccc2-c2ccccc21. The Morgan fingerprint density at radius 3 is 2.21 bits per heavy atom. The van der Waals surface area contributed by atoms with Crippen molar-refractivity contribution in [3.63, 3.8) is 0 Å². The van der Waals surface area contributed by atoms with Crippen LogP contribution in [-0.4, -0.2) is 30.5 Å². The lowest BCUT2D eigenvalue weighted by atomic mass is 9.98. The normalized spacial score (nSPS) is 17.0. The molecule has 1 amide bonds. The van der Waals surface area contributed by atoms with Crippen LogP contribution in [0, 0.1) is 5.92 Å². The van der Waals surface area contributed by atoms with Gasteiger partial charge in [0.2, 0.25) is 0 Å². The molecule has 2 aliphatic rings. The van der Waals surface area contributed by atoms with Gasteiger partial charge in [-0.05, 0) is 41.0 Å². The standard InChI is InChI=1S/C20H21NO3/c22-11-19(13-9-10-13)21-20(23)24-12-18-16-7-3-1-5-14(16)15-6-2-4-8-17(15)18/h1-8,13,18-19,22H,9-12H2,(H,21,23). The lowest BCUT2D eigenvalue weighted by molar-refractivity contribution is 0.130. The molecule has 1 fully saturated rings. The molecule has 2 N–H and O–H groups in total. The van der Waals surface area contributed by atoms with Gasteiger partial charge in [0.15, 0.2) is 0 Å². The number of fused-ring (bicyclic) bond motifs is 3. The molecular weight excluding hydrogens is 302 g/mol. The highest BCUT2D eigenvalue weighted by atomic mass is 16.5. The lowest BCUT2D eigenvalue weighted by Crippen LogP contribution is -2.39. The Hall–Kier alpha value is -2.33. The molecule has 4 rings (SSSR count). The monoisotopic (exact) mass is 323 g/mol. The first kappa shape index (κ1) is 15.2. The van der Waals surface area contributed by atoms with Crippen LogP contribution in [0.2, 0.25) is 0 Å². The predicted molar refractivity (Wildman–Crippen MR) is 91.8 cm³/mol. The second-order valence-corrected chi connectivity index (χ2v) is 6.60. The minimum Gasteiger partial charge on any atom is -0.449 e. The zero-order valence-electron chi connectivity index (χ0n) is 13.4. The molecule has 4 nitrogen and oxygen atoms in total. The topological polar surface area (TPSA) is 58.6 Å². The van der Waals surface area contributed by atoms with Crippen molar-refractivity contribution >= 4 is 6.09 Å². The summed E-state index contributed by atoms with van der Waals surface area (Å²) >= 11 is 0. The zero-order valence-corrected chi connectivity index (χ0v) is 13.4. The predicted octanol–water partition coefficient (Wildman–Crippen LogP) is 3.30. The number of hydrogen-bond donors (Lipinski definition) is 2. The Morgan fingerprint density at radius 2 is 1.67 bits per heavy atom. The van der Waals surface area contributed by atoms with Crippen molar-refractivity contribution in [3.8, 4) is 11.1 Å². The van der Waals surface area contributed by atoms with Crippen LogP contribution in [0.4, 0.5) is 4.79 Å². The van der Waals surface area contributed by atoms with Gasteiger partial charge in [-0.25, -0.2) is 4.79 Å². The van der Waals surface area contributed by atoms with E-state index in [0.717, 1.165) is 12.8 Å². The summed E-state index contributed by atoms with van der Waals surface area (Å²) in [6.07, 6.45) is 1.69. The molecule has 2 aromatic carbocycles. The number of alkyl carbamates (subject to hydrolysis) is 1. The number of nitrogens with one attached hydrogen (secondary N) is 1. The molecule has 1 atom stereocenters. The molecule has 0 heterocycles. The van der Waals surface area contributed by atoms with E-state index in [-0.39, 0.29) is 18.6 Å². The fourth-order valence-electron chi connectivity index (χ4n) is 3.60. The fraction of sp³-hybridized carbons (Fsp3) is 0.350. The number of ether oxygens (including phenoxy) is 1. The molecule has 124 valence electrons. The summed E-state index contributed by atoms with van der Waals surface area (Å²) in [5.41, 5.74) is 4.83. The van der Waals surface area contributed by atoms with Crippen LogP contribution in [0.25, 0.3) is 11.1 Å². The summed E-state index contributed by atoms with van der Waals surface area (Å²) < 4.78 is 5.49. The van der Waals surface area contributed by atoms with Gasteiger partial charge in [0.1, 0.15) is 6.61 Å². The van der Waals surface area contributed by atoms with Gasteiger partial charge in [-0.3, -0.25) is 0 Å². The smallest absolute Gasteiger partial charge is 0.407 e. The Kier molecular flexibility index (Phi) is 3.98. The minimum atomic E-state index is -0.442. The van der Waals surface area contributed by atoms with Crippen LogP contribution in [0.1, 0.15) is 29.9 Å². The number of hydrogen-bond acceptors (Lipinski definition) is 3. The Balaban J connectivity index is 1.47. The first-order valence-corrected chi connectivity index (χ1v) is 8.50. The van der Waals surface area contributed by atoms with E-state index in [0.29, 0.717) is 12.5 Å². The summed E-state index contributed by atoms with van der Waals surface area (Å²) in [4.78, 5) is 12.1. The second kappa shape index (κ2) is 6.29. The average Bonchev–Trinajstić information content (AvgIpc) is 3.41. The number of carbonyl (C=O) groups excluding carboxylic acids is 1. The molecular formula is C20H21NO3. The number of amides is 1. The minimum absolute atomic E-state index is 0.0329. The van der Waals surface area contributed by atoms with Gasteiger partial charge in [-0.2, -0.15) is 0 Å². The third-order valence-corrected chi connectivity index (χ3v) is 5.03. The molecule has 0 aliphatic heterocycles. The molecule has 0 aromatic heterocycles. The number of benzene rings is 2. The largest absolute Gasteiger partial charge is 0.449 e. The van der Waals surface area contributed by atoms with Crippen LogP contribution >= 0.6 is 0 Å². The van der Waals surface area contributed by atoms with Crippen LogP contribution in [0.15, 0.2) is 48.5 Å². The summed E-state index contributed by atoms with van der Waals surface area (Å²) in [6, 6.07) is 16.4. The summed E-state index contributed by atoms with van der Waals surface area (Å²) in [5.74, 6) is 0.465. The van der Waals surface area contributed by atoms with Crippen molar-refractivity contribution in [2.24, 2.45) is 5.92 Å². The maximum atomic E-state index is 12.1. The van der Waals surface area contributed by atoms with Crippen LogP contribution in [0.5, 0.6) is 0 Å². The highest BCUT2D eigenvalue weighted by Crippen LogP contribution is 2.44. The van der Waals surface area contributed by atoms with Crippen molar-refractivity contribution in [1.29, 1.82) is 0 Å². The number of aliphatic hydroxyl groups excluding tert-OH is 1. The Morgan fingerprint density at radius 1 is 1.08 bits per heavy atom. The molecule has 0 spiro atoms. The molecule has 0 bridgehead atoms. The summed E-state index contributed by atoms with van der Waals surface area (Å²) in [6.45, 7) is 0.275. The van der Waals surface area contributed by atoms with Gasteiger partial charge in [-0.1, -0.05) is 48.5 Å². The molecule has 1 saturated carbocycles. The van der Waals surface area contributed by atoms with Crippen molar-refractivity contribution in [1.82, 2.24) is 5.32 Å². The highest BCUT2D eigenvalue weighted by molar-refractivity contribution is 5.79. The first-order valence-electron chi connectivity index (χ1n) is 8.50. The third-order valence-electron chi connectivity index (χ3n) is 5.03. The van der Waals surface area contributed by atoms with E-state index in [4.69, 9.17) is 4.74 Å².